The van der Waals surface area contributed by atoms with Crippen LogP contribution in [0.3, 0.4) is 0 Å². The fourth-order valence-corrected chi connectivity index (χ4v) is 2.28. The highest BCUT2D eigenvalue weighted by Gasteiger charge is 2.19. The van der Waals surface area contributed by atoms with Gasteiger partial charge in [0.1, 0.15) is 11.5 Å². The molecule has 1 aromatic carbocycles. The molecule has 0 bridgehead atoms. The summed E-state index contributed by atoms with van der Waals surface area (Å²) in [4.78, 5) is 0. The Bertz CT molecular complexity index is 396. The van der Waals surface area contributed by atoms with Crippen LogP contribution < -0.4 is 9.47 Å². The van der Waals surface area contributed by atoms with Gasteiger partial charge >= 0.3 is 0 Å². The Kier molecular flexibility index (Phi) is 7.74. The number of rotatable bonds is 10. The Morgan fingerprint density at radius 3 is 1.86 bits per heavy atom. The van der Waals surface area contributed by atoms with Gasteiger partial charge < -0.3 is 23.4 Å². The molecule has 5 nitrogen and oxygen atoms in total. The first kappa shape index (κ1) is 18.0. The third-order valence-electron chi connectivity index (χ3n) is 3.11. The minimum absolute atomic E-state index is 0.198. The second-order valence-corrected chi connectivity index (χ2v) is 9.83. The highest BCUT2D eigenvalue weighted by molar-refractivity contribution is 6.71. The lowest BCUT2D eigenvalue weighted by Gasteiger charge is -2.21. The number of methoxy groups -OCH3 is 2. The van der Waals surface area contributed by atoms with Gasteiger partial charge in [0.25, 0.3) is 0 Å². The molecule has 0 amide bonds. The van der Waals surface area contributed by atoms with E-state index in [0.717, 1.165) is 11.6 Å². The normalized spacial score (nSPS) is 11.5. The molecule has 0 N–H and O–H groups in total. The summed E-state index contributed by atoms with van der Waals surface area (Å²) in [6.45, 7) is 7.53. The van der Waals surface area contributed by atoms with Crippen LogP contribution in [-0.2, 0) is 20.5 Å². The van der Waals surface area contributed by atoms with Crippen LogP contribution >= 0.6 is 0 Å². The predicted octanol–water partition coefficient (Wildman–Crippen LogP) is 3.39. The fraction of sp³-hybridized carbons (Fsp3) is 0.600. The van der Waals surface area contributed by atoms with E-state index in [-0.39, 0.29) is 13.6 Å². The summed E-state index contributed by atoms with van der Waals surface area (Å²) in [5.41, 5.74) is 1.02. The van der Waals surface area contributed by atoms with Crippen molar-refractivity contribution in [2.45, 2.75) is 32.7 Å². The van der Waals surface area contributed by atoms with Crippen LogP contribution in [0.2, 0.25) is 19.1 Å². The van der Waals surface area contributed by atoms with E-state index in [1.54, 1.807) is 14.2 Å². The summed E-state index contributed by atoms with van der Waals surface area (Å²) < 4.78 is 26.9. The van der Waals surface area contributed by atoms with Crippen molar-refractivity contribution in [2.24, 2.45) is 0 Å². The number of hydrogen-bond donors (Lipinski definition) is 0. The number of hydrogen-bond acceptors (Lipinski definition) is 5. The Labute approximate surface area is 128 Å². The lowest BCUT2D eigenvalue weighted by atomic mass is 10.2. The number of benzene rings is 1. The van der Waals surface area contributed by atoms with Gasteiger partial charge in [0.05, 0.1) is 6.61 Å². The molecule has 0 radical (unpaired) electrons. The molecule has 21 heavy (non-hydrogen) atoms. The van der Waals surface area contributed by atoms with E-state index in [2.05, 4.69) is 20.0 Å². The molecule has 0 saturated heterocycles. The van der Waals surface area contributed by atoms with E-state index in [9.17, 15) is 0 Å². The predicted molar refractivity (Wildman–Crippen MR) is 84.2 cm³/mol. The van der Waals surface area contributed by atoms with E-state index in [1.165, 1.54) is 0 Å². The van der Waals surface area contributed by atoms with Crippen molar-refractivity contribution >= 4 is 8.32 Å². The second-order valence-electron chi connectivity index (χ2n) is 5.32. The molecule has 0 aliphatic carbocycles. The van der Waals surface area contributed by atoms with E-state index >= 15 is 0 Å². The maximum atomic E-state index is 6.05. The van der Waals surface area contributed by atoms with Gasteiger partial charge in [0.15, 0.2) is 21.9 Å². The fourth-order valence-electron chi connectivity index (χ4n) is 1.52. The van der Waals surface area contributed by atoms with Crippen LogP contribution in [0.4, 0.5) is 0 Å². The second kappa shape index (κ2) is 9.04. The lowest BCUT2D eigenvalue weighted by Crippen LogP contribution is -2.28. The van der Waals surface area contributed by atoms with Crippen molar-refractivity contribution < 1.29 is 23.4 Å². The van der Waals surface area contributed by atoms with Gasteiger partial charge in [-0.3, -0.25) is 0 Å². The molecule has 0 spiro atoms. The summed E-state index contributed by atoms with van der Waals surface area (Å²) >= 11 is 0. The standard InChI is InChI=1S/C15H26O5Si/c1-6-21(4,5)20-10-13-7-14(18-11-16-2)9-15(8-13)19-12-17-3/h7-9H,6,10-12H2,1-5H3. The molecule has 0 aliphatic heterocycles. The van der Waals surface area contributed by atoms with Crippen LogP contribution in [0, 0.1) is 0 Å². The molecule has 0 atom stereocenters. The first-order valence-corrected chi connectivity index (χ1v) is 10.1. The van der Waals surface area contributed by atoms with Crippen LogP contribution in [0.1, 0.15) is 12.5 Å². The summed E-state index contributed by atoms with van der Waals surface area (Å²) in [5.74, 6) is 1.39. The van der Waals surface area contributed by atoms with Crippen molar-refractivity contribution in [3.05, 3.63) is 23.8 Å². The lowest BCUT2D eigenvalue weighted by molar-refractivity contribution is 0.0458. The Hall–Kier alpha value is -1.08. The molecular weight excluding hydrogens is 288 g/mol. The third kappa shape index (κ3) is 6.95. The smallest absolute Gasteiger partial charge is 0.188 e. The Balaban J connectivity index is 2.79. The Morgan fingerprint density at radius 2 is 1.43 bits per heavy atom. The van der Waals surface area contributed by atoms with E-state index < -0.39 is 8.32 Å². The van der Waals surface area contributed by atoms with Crippen molar-refractivity contribution in [1.82, 2.24) is 0 Å². The number of ether oxygens (including phenoxy) is 4. The van der Waals surface area contributed by atoms with Gasteiger partial charge in [-0.05, 0) is 36.8 Å². The monoisotopic (exact) mass is 314 g/mol. The molecule has 0 aliphatic rings. The highest BCUT2D eigenvalue weighted by atomic mass is 28.4. The van der Waals surface area contributed by atoms with Crippen LogP contribution in [0.25, 0.3) is 0 Å². The minimum Gasteiger partial charge on any atom is -0.467 e. The summed E-state index contributed by atoms with van der Waals surface area (Å²) in [5, 5.41) is 0. The van der Waals surface area contributed by atoms with Crippen LogP contribution in [-0.4, -0.2) is 36.1 Å². The van der Waals surface area contributed by atoms with Gasteiger partial charge in [0.2, 0.25) is 0 Å². The Morgan fingerprint density at radius 1 is 0.905 bits per heavy atom. The zero-order chi connectivity index (χ0) is 15.7. The van der Waals surface area contributed by atoms with Gasteiger partial charge in [-0.15, -0.1) is 0 Å². The largest absolute Gasteiger partial charge is 0.467 e. The summed E-state index contributed by atoms with van der Waals surface area (Å²) in [6, 6.07) is 6.78. The third-order valence-corrected chi connectivity index (χ3v) is 5.74. The van der Waals surface area contributed by atoms with Crippen LogP contribution in [0.15, 0.2) is 18.2 Å². The van der Waals surface area contributed by atoms with Crippen molar-refractivity contribution in [3.63, 3.8) is 0 Å². The zero-order valence-electron chi connectivity index (χ0n) is 13.6. The quantitative estimate of drug-likeness (QED) is 0.489. The van der Waals surface area contributed by atoms with E-state index in [4.69, 9.17) is 23.4 Å². The maximum absolute atomic E-state index is 6.05. The molecule has 0 unspecified atom stereocenters. The van der Waals surface area contributed by atoms with E-state index in [0.29, 0.717) is 18.1 Å². The molecule has 120 valence electrons. The molecule has 0 aromatic heterocycles. The van der Waals surface area contributed by atoms with Crippen molar-refractivity contribution in [1.29, 1.82) is 0 Å². The van der Waals surface area contributed by atoms with Crippen LogP contribution in [0.5, 0.6) is 11.5 Å². The highest BCUT2D eigenvalue weighted by Crippen LogP contribution is 2.25. The summed E-state index contributed by atoms with van der Waals surface area (Å²) in [7, 11) is 1.60. The molecule has 1 rings (SSSR count). The molecule has 0 fully saturated rings. The summed E-state index contributed by atoms with van der Waals surface area (Å²) in [6.07, 6.45) is 0. The topological polar surface area (TPSA) is 46.2 Å². The van der Waals surface area contributed by atoms with Gasteiger partial charge in [0, 0.05) is 20.3 Å². The molecular formula is C15H26O5Si. The zero-order valence-corrected chi connectivity index (χ0v) is 14.6. The molecule has 0 saturated carbocycles. The van der Waals surface area contributed by atoms with E-state index in [1.807, 2.05) is 18.2 Å². The van der Waals surface area contributed by atoms with Gasteiger partial charge in [-0.1, -0.05) is 6.92 Å². The van der Waals surface area contributed by atoms with Gasteiger partial charge in [-0.2, -0.15) is 0 Å². The van der Waals surface area contributed by atoms with Gasteiger partial charge in [-0.25, -0.2) is 0 Å². The van der Waals surface area contributed by atoms with Crippen molar-refractivity contribution in [2.75, 3.05) is 27.8 Å². The average Bonchev–Trinajstić information content (AvgIpc) is 2.49. The average molecular weight is 314 g/mol. The molecule has 0 heterocycles. The first-order valence-electron chi connectivity index (χ1n) is 7.02. The molecule has 6 heteroatoms. The minimum atomic E-state index is -1.58. The van der Waals surface area contributed by atoms with Crippen molar-refractivity contribution in [3.8, 4) is 11.5 Å². The maximum Gasteiger partial charge on any atom is 0.188 e. The SMILES string of the molecule is CC[Si](C)(C)OCc1cc(OCOC)cc(OCOC)c1. The molecule has 1 aromatic rings. The first-order chi connectivity index (χ1) is 10.0.